The highest BCUT2D eigenvalue weighted by Gasteiger charge is 2.46. The zero-order valence-electron chi connectivity index (χ0n) is 48.7. The molecule has 1 aromatic carbocycles. The molecule has 3 aromatic rings. The number of aromatic nitrogens is 2. The lowest BCUT2D eigenvalue weighted by atomic mass is 9.81. The monoisotopic (exact) mass is 1230 g/mol. The molecule has 31 heteroatoms. The van der Waals surface area contributed by atoms with Crippen molar-refractivity contribution in [2.75, 3.05) is 118 Å². The lowest BCUT2D eigenvalue weighted by Crippen LogP contribution is -2.58. The molecule has 0 bridgehead atoms. The number of pyridine rings is 2. The zero-order chi connectivity index (χ0) is 63.1. The highest BCUT2D eigenvalue weighted by atomic mass is 19.1. The normalized spacial score (nSPS) is 18.5. The molecule has 4 aliphatic heterocycles. The molecule has 8 rings (SSSR count). The molecule has 1 unspecified atom stereocenters. The maximum atomic E-state index is 15.5. The summed E-state index contributed by atoms with van der Waals surface area (Å²) >= 11 is 0. The fourth-order valence-electron chi connectivity index (χ4n) is 10.6. The predicted octanol–water partition coefficient (Wildman–Crippen LogP) is -3.88. The number of hydrogen-bond donors (Lipinski definition) is 9. The SMILES string of the molecule is CC[C@]1(O)C(=O)OCc2c1cc1n(c2=O)Cc2c-1nc1cc(F)c(C)c3c1c2[C@H](NC(=O)[C@@H]1COCCN1C(=O)CNC(O)CNC(=O)CNC(=O)CNC(=O)CNC(=O)CCOCCOCCOCCOCCNC(=O)CCN1C(=O)C=CC1=O)CC3. The molecule has 30 nitrogen and oxygen atoms in total. The van der Waals surface area contributed by atoms with E-state index < -0.39 is 115 Å². The maximum absolute atomic E-state index is 15.5. The number of imide groups is 1. The smallest absolute Gasteiger partial charge is 0.343 e. The van der Waals surface area contributed by atoms with E-state index in [0.717, 1.165) is 17.1 Å². The molecule has 2 aromatic heterocycles. The minimum Gasteiger partial charge on any atom is -0.458 e. The van der Waals surface area contributed by atoms with Gasteiger partial charge in [0, 0.05) is 67.2 Å². The first-order valence-corrected chi connectivity index (χ1v) is 28.9. The molecule has 9 amide bonds. The van der Waals surface area contributed by atoms with Gasteiger partial charge in [-0.25, -0.2) is 14.2 Å². The van der Waals surface area contributed by atoms with Crippen LogP contribution in [-0.4, -0.2) is 219 Å². The minimum atomic E-state index is -2.07. The van der Waals surface area contributed by atoms with Crippen LogP contribution in [0.1, 0.15) is 72.0 Å². The summed E-state index contributed by atoms with van der Waals surface area (Å²) in [5, 5.41) is 40.4. The number of ether oxygens (including phenoxy) is 6. The van der Waals surface area contributed by atoms with E-state index in [4.69, 9.17) is 33.4 Å². The quantitative estimate of drug-likeness (QED) is 0.00977. The van der Waals surface area contributed by atoms with E-state index in [-0.39, 0.29) is 134 Å². The average Bonchev–Trinajstić information content (AvgIpc) is 1.45. The van der Waals surface area contributed by atoms with Crippen molar-refractivity contribution in [3.05, 3.63) is 73.8 Å². The first-order valence-electron chi connectivity index (χ1n) is 28.9. The minimum absolute atomic E-state index is 0.00515. The van der Waals surface area contributed by atoms with Crippen LogP contribution in [0.25, 0.3) is 22.3 Å². The molecule has 1 fully saturated rings. The van der Waals surface area contributed by atoms with Crippen molar-refractivity contribution in [3.63, 3.8) is 0 Å². The molecule has 0 radical (unpaired) electrons. The Morgan fingerprint density at radius 1 is 0.784 bits per heavy atom. The number of morpholine rings is 1. The fraction of sp³-hybridized carbons (Fsp3) is 0.544. The molecule has 1 aliphatic carbocycles. The van der Waals surface area contributed by atoms with E-state index in [9.17, 15) is 63.0 Å². The number of aliphatic hydroxyl groups is 2. The number of hydrogen-bond acceptors (Lipinski definition) is 21. The Morgan fingerprint density at radius 3 is 2.08 bits per heavy atom. The second kappa shape index (κ2) is 30.6. The van der Waals surface area contributed by atoms with E-state index in [0.29, 0.717) is 65.1 Å². The van der Waals surface area contributed by atoms with Crippen LogP contribution in [0.15, 0.2) is 29.1 Å². The van der Waals surface area contributed by atoms with Crippen LogP contribution in [0.4, 0.5) is 4.39 Å². The first kappa shape index (κ1) is 65.8. The van der Waals surface area contributed by atoms with E-state index in [1.165, 1.54) is 15.5 Å². The van der Waals surface area contributed by atoms with E-state index >= 15 is 4.39 Å². The number of carbonyl (C=O) groups is 10. The number of rotatable bonds is 32. The molecule has 88 heavy (non-hydrogen) atoms. The number of halogens is 1. The number of aliphatic hydroxyl groups excluding tert-OH is 1. The summed E-state index contributed by atoms with van der Waals surface area (Å²) < 4.78 is 49.4. The fourth-order valence-corrected chi connectivity index (χ4v) is 10.6. The summed E-state index contributed by atoms with van der Waals surface area (Å²) in [5.41, 5.74) is 0.924. The van der Waals surface area contributed by atoms with Crippen molar-refractivity contribution < 1.29 is 91.0 Å². The third kappa shape index (κ3) is 16.1. The van der Waals surface area contributed by atoms with E-state index in [1.807, 2.05) is 0 Å². The standard InChI is InChI=1S/C57H72FN11O19/c1-3-57(82)36-22-40-53-34(29-69(40)55(80)35(36)30-88-56(57)81)52-38(5-4-33-32(2)37(58)23-39(65-53)51(33)52)66-54(79)41-31-87-15-12-67(41)50(78)28-64-47(75)27-63-46(74)26-62-45(73)25-61-44(72)24-60-43(71)9-13-83-16-18-85-20-21-86-19-17-84-14-10-59-42(70)8-11-68-48(76)6-7-49(68)77/h6-7,22-23,38,41,47,64,75,82H,3-5,8-21,24-31H2,1-2H3,(H,59,70)(H,60,71)(H,61,72)(H,62,73)(H,63,74)(H,66,79)/t38-,41+,47?,57-/m1/s1. The molecule has 1 saturated heterocycles. The van der Waals surface area contributed by atoms with E-state index in [2.05, 4.69) is 37.2 Å². The Bertz CT molecular complexity index is 3270. The second-order valence-corrected chi connectivity index (χ2v) is 21.1. The third-order valence-corrected chi connectivity index (χ3v) is 15.4. The summed E-state index contributed by atoms with van der Waals surface area (Å²) in [6.07, 6.45) is 1.45. The van der Waals surface area contributed by atoms with Crippen LogP contribution in [0.3, 0.4) is 0 Å². The Balaban J connectivity index is 0.672. The molecule has 4 atom stereocenters. The van der Waals surface area contributed by atoms with Crippen molar-refractivity contribution in [1.82, 2.24) is 56.6 Å². The third-order valence-electron chi connectivity index (χ3n) is 15.4. The summed E-state index contributed by atoms with van der Waals surface area (Å²) in [6, 6.07) is 1.05. The zero-order valence-corrected chi connectivity index (χ0v) is 48.7. The first-order chi connectivity index (χ1) is 42.3. The number of amides is 9. The lowest BCUT2D eigenvalue weighted by molar-refractivity contribution is -0.172. The Morgan fingerprint density at radius 2 is 1.41 bits per heavy atom. The van der Waals surface area contributed by atoms with Gasteiger partial charge in [0.25, 0.3) is 17.4 Å². The molecule has 5 aliphatic rings. The average molecular weight is 1230 g/mol. The number of nitrogens with one attached hydrogen (secondary N) is 7. The summed E-state index contributed by atoms with van der Waals surface area (Å²) in [5.74, 6) is -6.27. The van der Waals surface area contributed by atoms with Crippen LogP contribution < -0.4 is 42.8 Å². The Labute approximate surface area is 502 Å². The van der Waals surface area contributed by atoms with Gasteiger partial charge in [0.2, 0.25) is 41.4 Å². The molecule has 0 saturated carbocycles. The van der Waals surface area contributed by atoms with E-state index in [1.54, 1.807) is 19.9 Å². The maximum Gasteiger partial charge on any atom is 0.343 e. The van der Waals surface area contributed by atoms with Gasteiger partial charge >= 0.3 is 5.97 Å². The Hall–Kier alpha value is -8.17. The Kier molecular flexibility index (Phi) is 22.9. The van der Waals surface area contributed by atoms with Gasteiger partial charge in [0.15, 0.2) is 5.60 Å². The number of nitrogens with zero attached hydrogens (tertiary/aromatic N) is 4. The van der Waals surface area contributed by atoms with Crippen molar-refractivity contribution in [3.8, 4) is 11.4 Å². The van der Waals surface area contributed by atoms with Gasteiger partial charge < -0.3 is 80.0 Å². The van der Waals surface area contributed by atoms with Gasteiger partial charge in [-0.1, -0.05) is 6.92 Å². The predicted molar refractivity (Wildman–Crippen MR) is 302 cm³/mol. The van der Waals surface area contributed by atoms with Crippen molar-refractivity contribution in [2.24, 2.45) is 0 Å². The summed E-state index contributed by atoms with van der Waals surface area (Å²) in [7, 11) is 0. The number of benzene rings is 1. The van der Waals surface area contributed by atoms with Gasteiger partial charge in [0.05, 0.1) is 134 Å². The molecule has 9 N–H and O–H groups in total. The van der Waals surface area contributed by atoms with Crippen LogP contribution in [0, 0.1) is 12.7 Å². The number of fused-ring (bicyclic) bond motifs is 5. The number of cyclic esters (lactones) is 1. The highest BCUT2D eigenvalue weighted by Crippen LogP contribution is 2.46. The van der Waals surface area contributed by atoms with Crippen LogP contribution in [0.5, 0.6) is 0 Å². The number of aryl methyl sites for hydroxylation is 1. The lowest BCUT2D eigenvalue weighted by Gasteiger charge is -2.37. The molecule has 6 heterocycles. The van der Waals surface area contributed by atoms with Crippen LogP contribution >= 0.6 is 0 Å². The molecular formula is C57H72FN11O19. The van der Waals surface area contributed by atoms with Crippen molar-refractivity contribution in [2.45, 2.75) is 83.0 Å². The number of esters is 1. The molecule has 476 valence electrons. The summed E-state index contributed by atoms with van der Waals surface area (Å²) in [6.45, 7) is 2.81. The molecular weight excluding hydrogens is 1160 g/mol. The van der Waals surface area contributed by atoms with Gasteiger partial charge in [0.1, 0.15) is 24.7 Å². The molecule has 0 spiro atoms. The van der Waals surface area contributed by atoms with Crippen molar-refractivity contribution in [1.29, 1.82) is 0 Å². The van der Waals surface area contributed by atoms with Gasteiger partial charge in [-0.3, -0.25) is 58.2 Å². The second-order valence-electron chi connectivity index (χ2n) is 21.1. The van der Waals surface area contributed by atoms with Crippen LogP contribution in [0.2, 0.25) is 0 Å². The van der Waals surface area contributed by atoms with Crippen LogP contribution in [-0.2, 0) is 102 Å². The number of carbonyl (C=O) groups excluding carboxylic acids is 10. The van der Waals surface area contributed by atoms with Crippen molar-refractivity contribution >= 4 is 70.0 Å². The highest BCUT2D eigenvalue weighted by molar-refractivity contribution is 6.13. The summed E-state index contributed by atoms with van der Waals surface area (Å²) in [4.78, 5) is 146. The largest absolute Gasteiger partial charge is 0.458 e. The topological polar surface area (TPSA) is 392 Å². The van der Waals surface area contributed by atoms with Gasteiger partial charge in [-0.2, -0.15) is 0 Å². The van der Waals surface area contributed by atoms with Gasteiger partial charge in [-0.15, -0.1) is 0 Å². The van der Waals surface area contributed by atoms with Gasteiger partial charge in [-0.05, 0) is 48.9 Å².